The molecule has 0 unspecified atom stereocenters. The molecular weight excluding hydrogens is 368 g/mol. The van der Waals surface area contributed by atoms with Crippen molar-refractivity contribution < 1.29 is 19.1 Å². The molecule has 0 aliphatic heterocycles. The Balaban J connectivity index is 1.52. The van der Waals surface area contributed by atoms with Crippen LogP contribution in [0.3, 0.4) is 0 Å². The van der Waals surface area contributed by atoms with Gasteiger partial charge in [-0.05, 0) is 47.5 Å². The molecule has 0 radical (unpaired) electrons. The highest BCUT2D eigenvalue weighted by Gasteiger charge is 2.10. The lowest BCUT2D eigenvalue weighted by atomic mass is 10.0. The lowest BCUT2D eigenvalue weighted by molar-refractivity contribution is -0.126. The lowest BCUT2D eigenvalue weighted by Crippen LogP contribution is -2.29. The number of hydrogen-bond donors (Lipinski definition) is 1. The van der Waals surface area contributed by atoms with Crippen molar-refractivity contribution in [2.45, 2.75) is 13.0 Å². The van der Waals surface area contributed by atoms with Gasteiger partial charge in [0.15, 0.2) is 18.1 Å². The van der Waals surface area contributed by atoms with Gasteiger partial charge in [0, 0.05) is 5.56 Å². The molecule has 0 bridgehead atoms. The zero-order valence-electron chi connectivity index (χ0n) is 16.7. The summed E-state index contributed by atoms with van der Waals surface area (Å²) in [4.78, 5) is 17.3. The number of carbonyl (C=O) groups is 1. The molecule has 150 valence electrons. The van der Waals surface area contributed by atoms with Crippen molar-refractivity contribution in [1.29, 1.82) is 0 Å². The summed E-state index contributed by atoms with van der Waals surface area (Å²) >= 11 is 0. The van der Waals surface area contributed by atoms with E-state index in [0.717, 1.165) is 16.5 Å². The first-order chi connectivity index (χ1) is 14.1. The smallest absolute Gasteiger partial charge is 0.261 e. The fourth-order valence-electron chi connectivity index (χ4n) is 2.97. The van der Waals surface area contributed by atoms with Crippen LogP contribution in [-0.2, 0) is 9.63 Å². The number of ether oxygens (including phenoxy) is 2. The molecule has 1 N–H and O–H groups in total. The van der Waals surface area contributed by atoms with E-state index in [1.54, 1.807) is 26.4 Å². The number of fused-ring (bicyclic) bond motifs is 1. The Labute approximate surface area is 170 Å². The van der Waals surface area contributed by atoms with Gasteiger partial charge in [0.1, 0.15) is 0 Å². The monoisotopic (exact) mass is 392 g/mol. The second-order valence-electron chi connectivity index (χ2n) is 6.52. The maximum atomic E-state index is 12.1. The second kappa shape index (κ2) is 9.59. The van der Waals surface area contributed by atoms with E-state index in [2.05, 4.69) is 34.7 Å². The standard InChI is InChI=1S/C23H24N2O4/c1-16(19-10-9-18-6-4-5-7-20(18)13-19)25-23(26)15-29-24-14-17-8-11-21(27-2)22(12-17)28-3/h4-14,16H,15H2,1-3H3,(H,25,26)/b24-14-/t16-/m0/s1. The van der Waals surface area contributed by atoms with Gasteiger partial charge in [-0.25, -0.2) is 0 Å². The van der Waals surface area contributed by atoms with E-state index in [0.29, 0.717) is 11.5 Å². The van der Waals surface area contributed by atoms with Crippen molar-refractivity contribution in [3.63, 3.8) is 0 Å². The normalized spacial score (nSPS) is 12.0. The molecule has 29 heavy (non-hydrogen) atoms. The highest BCUT2D eigenvalue weighted by Crippen LogP contribution is 2.26. The Morgan fingerprint density at radius 3 is 2.52 bits per heavy atom. The van der Waals surface area contributed by atoms with Crippen LogP contribution < -0.4 is 14.8 Å². The predicted molar refractivity (Wildman–Crippen MR) is 114 cm³/mol. The second-order valence-corrected chi connectivity index (χ2v) is 6.52. The molecule has 0 aromatic heterocycles. The van der Waals surface area contributed by atoms with Crippen LogP contribution in [-0.4, -0.2) is 32.9 Å². The van der Waals surface area contributed by atoms with E-state index in [4.69, 9.17) is 14.3 Å². The molecule has 6 nitrogen and oxygen atoms in total. The Kier molecular flexibility index (Phi) is 6.68. The molecule has 3 rings (SSSR count). The average molecular weight is 392 g/mol. The number of nitrogens with zero attached hydrogens (tertiary/aromatic N) is 1. The van der Waals surface area contributed by atoms with Crippen molar-refractivity contribution >= 4 is 22.9 Å². The van der Waals surface area contributed by atoms with Crippen molar-refractivity contribution in [3.8, 4) is 11.5 Å². The number of carbonyl (C=O) groups excluding carboxylic acids is 1. The number of oxime groups is 1. The fourth-order valence-corrected chi connectivity index (χ4v) is 2.97. The topological polar surface area (TPSA) is 69.2 Å². The van der Waals surface area contributed by atoms with Gasteiger partial charge in [0.2, 0.25) is 0 Å². The quantitative estimate of drug-likeness (QED) is 0.463. The maximum absolute atomic E-state index is 12.1. The summed E-state index contributed by atoms with van der Waals surface area (Å²) in [5.74, 6) is 0.987. The molecular formula is C23H24N2O4. The highest BCUT2D eigenvalue weighted by molar-refractivity contribution is 5.84. The summed E-state index contributed by atoms with van der Waals surface area (Å²) in [5.41, 5.74) is 1.80. The van der Waals surface area contributed by atoms with Crippen LogP contribution in [0.4, 0.5) is 0 Å². The van der Waals surface area contributed by atoms with Crippen LogP contribution in [0.25, 0.3) is 10.8 Å². The summed E-state index contributed by atoms with van der Waals surface area (Å²) in [6, 6.07) is 19.5. The molecule has 0 saturated carbocycles. The van der Waals surface area contributed by atoms with Gasteiger partial charge in [-0.15, -0.1) is 0 Å². The minimum absolute atomic E-state index is 0.134. The van der Waals surface area contributed by atoms with Gasteiger partial charge in [0.25, 0.3) is 5.91 Å². The molecule has 0 aliphatic rings. The van der Waals surface area contributed by atoms with Crippen LogP contribution in [0.2, 0.25) is 0 Å². The van der Waals surface area contributed by atoms with Crippen molar-refractivity contribution in [3.05, 3.63) is 71.8 Å². The molecule has 0 aliphatic carbocycles. The molecule has 3 aromatic rings. The van der Waals surface area contributed by atoms with Gasteiger partial charge in [-0.1, -0.05) is 41.6 Å². The lowest BCUT2D eigenvalue weighted by Gasteiger charge is -2.14. The first kappa shape index (κ1) is 20.2. The van der Waals surface area contributed by atoms with Crippen LogP contribution in [0.1, 0.15) is 24.1 Å². The number of nitrogens with one attached hydrogen (secondary N) is 1. The van der Waals surface area contributed by atoms with Crippen molar-refractivity contribution in [1.82, 2.24) is 5.32 Å². The average Bonchev–Trinajstić information content (AvgIpc) is 2.76. The Bertz CT molecular complexity index is 1020. The SMILES string of the molecule is COc1ccc(/C=N\OCC(=O)N[C@@H](C)c2ccc3ccccc3c2)cc1OC. The summed E-state index contributed by atoms with van der Waals surface area (Å²) in [7, 11) is 3.14. The highest BCUT2D eigenvalue weighted by atomic mass is 16.6. The first-order valence-electron chi connectivity index (χ1n) is 9.26. The van der Waals surface area contributed by atoms with E-state index in [1.807, 2.05) is 31.2 Å². The number of rotatable bonds is 8. The third-order valence-electron chi connectivity index (χ3n) is 4.53. The van der Waals surface area contributed by atoms with E-state index < -0.39 is 0 Å². The Morgan fingerprint density at radius 2 is 1.76 bits per heavy atom. The van der Waals surface area contributed by atoms with E-state index in [1.165, 1.54) is 11.6 Å². The molecule has 3 aromatic carbocycles. The van der Waals surface area contributed by atoms with Gasteiger partial charge in [0.05, 0.1) is 26.5 Å². The first-order valence-corrected chi connectivity index (χ1v) is 9.26. The predicted octanol–water partition coefficient (Wildman–Crippen LogP) is 4.08. The molecule has 1 amide bonds. The minimum atomic E-state index is -0.241. The molecule has 0 saturated heterocycles. The summed E-state index contributed by atoms with van der Waals surface area (Å²) in [6.45, 7) is 1.77. The number of hydrogen-bond acceptors (Lipinski definition) is 5. The van der Waals surface area contributed by atoms with E-state index in [9.17, 15) is 4.79 Å². The number of benzene rings is 3. The summed E-state index contributed by atoms with van der Waals surface area (Å²) in [5, 5.41) is 9.08. The minimum Gasteiger partial charge on any atom is -0.493 e. The zero-order valence-corrected chi connectivity index (χ0v) is 16.7. The van der Waals surface area contributed by atoms with Crippen molar-refractivity contribution in [2.75, 3.05) is 20.8 Å². The third-order valence-corrected chi connectivity index (χ3v) is 4.53. The molecule has 0 spiro atoms. The number of methoxy groups -OCH3 is 2. The summed E-state index contributed by atoms with van der Waals surface area (Å²) in [6.07, 6.45) is 1.52. The van der Waals surface area contributed by atoms with Crippen molar-refractivity contribution in [2.24, 2.45) is 5.16 Å². The molecule has 0 heterocycles. The van der Waals surface area contributed by atoms with Crippen LogP contribution >= 0.6 is 0 Å². The molecule has 1 atom stereocenters. The molecule has 6 heteroatoms. The Morgan fingerprint density at radius 1 is 1.00 bits per heavy atom. The fraction of sp³-hybridized carbons (Fsp3) is 0.217. The maximum Gasteiger partial charge on any atom is 0.261 e. The van der Waals surface area contributed by atoms with E-state index >= 15 is 0 Å². The van der Waals surface area contributed by atoms with Gasteiger partial charge >= 0.3 is 0 Å². The largest absolute Gasteiger partial charge is 0.493 e. The van der Waals surface area contributed by atoms with E-state index in [-0.39, 0.29) is 18.6 Å². The zero-order chi connectivity index (χ0) is 20.6. The molecule has 0 fully saturated rings. The van der Waals surface area contributed by atoms with Crippen LogP contribution in [0.5, 0.6) is 11.5 Å². The number of amides is 1. The van der Waals surface area contributed by atoms with Gasteiger partial charge in [-0.3, -0.25) is 4.79 Å². The Hall–Kier alpha value is -3.54. The van der Waals surface area contributed by atoms with Gasteiger partial charge < -0.3 is 19.6 Å². The van der Waals surface area contributed by atoms with Crippen LogP contribution in [0, 0.1) is 0 Å². The summed E-state index contributed by atoms with van der Waals surface area (Å²) < 4.78 is 10.4. The van der Waals surface area contributed by atoms with Gasteiger partial charge in [-0.2, -0.15) is 0 Å². The third kappa shape index (κ3) is 5.25. The van der Waals surface area contributed by atoms with Crippen LogP contribution in [0.15, 0.2) is 65.8 Å².